The molecule has 8 aromatic rings. The van der Waals surface area contributed by atoms with Gasteiger partial charge in [0.15, 0.2) is 17.5 Å². The molecule has 0 atom stereocenters. The third-order valence-corrected chi connectivity index (χ3v) is 11.4. The van der Waals surface area contributed by atoms with Crippen LogP contribution in [0.4, 0.5) is 0 Å². The van der Waals surface area contributed by atoms with E-state index in [1.807, 2.05) is 78.5 Å². The quantitative estimate of drug-likeness (QED) is 0.185. The fraction of sp³-hybridized carbons (Fsp3) is 0.0213. The first-order chi connectivity index (χ1) is 25.7. The average molecular weight is 681 g/mol. The molecule has 1 aromatic heterocycles. The van der Waals surface area contributed by atoms with Gasteiger partial charge in [-0.3, -0.25) is 0 Å². The van der Waals surface area contributed by atoms with Gasteiger partial charge in [-0.2, -0.15) is 5.26 Å². The second-order valence-electron chi connectivity index (χ2n) is 13.1. The summed E-state index contributed by atoms with van der Waals surface area (Å²) in [7, 11) is 0. The molecular weight excluding hydrogens is 653 g/mol. The van der Waals surface area contributed by atoms with Crippen molar-refractivity contribution in [2.75, 3.05) is 0 Å². The minimum absolute atomic E-state index is 0.514. The predicted molar refractivity (Wildman–Crippen MR) is 208 cm³/mol. The number of hydrogen-bond acceptors (Lipinski definition) is 5. The standard InChI is InChI=1S/C47H28N4S/c48-29-30-22-27-37-36(28-30)43-35(16-11-19-40(43)47(37)38-17-7-9-20-41(38)52-42-21-10-8-18-39(42)47)31-23-25-34(26-24-31)46-50-44(32-12-3-1-4-13-32)49-45(51-46)33-14-5-2-6-15-33/h1-28H. The highest BCUT2D eigenvalue weighted by atomic mass is 32.2. The summed E-state index contributed by atoms with van der Waals surface area (Å²) >= 11 is 1.83. The Kier molecular flexibility index (Phi) is 6.99. The number of benzene rings is 7. The molecule has 1 spiro atoms. The molecule has 1 aliphatic carbocycles. The van der Waals surface area contributed by atoms with Gasteiger partial charge in [-0.25, -0.2) is 15.0 Å². The Labute approximate surface area is 306 Å². The van der Waals surface area contributed by atoms with Gasteiger partial charge in [0.05, 0.1) is 17.0 Å². The van der Waals surface area contributed by atoms with Crippen LogP contribution >= 0.6 is 11.8 Å². The molecule has 2 aliphatic rings. The molecule has 242 valence electrons. The smallest absolute Gasteiger partial charge is 0.164 e. The van der Waals surface area contributed by atoms with Gasteiger partial charge in [-0.05, 0) is 68.8 Å². The lowest BCUT2D eigenvalue weighted by Gasteiger charge is -2.39. The maximum absolute atomic E-state index is 10.1. The number of nitrogens with zero attached hydrogens (tertiary/aromatic N) is 4. The molecule has 5 heteroatoms. The maximum Gasteiger partial charge on any atom is 0.164 e. The number of nitriles is 1. The number of fused-ring (bicyclic) bond motifs is 9. The number of hydrogen-bond donors (Lipinski definition) is 0. The van der Waals surface area contributed by atoms with Crippen molar-refractivity contribution < 1.29 is 0 Å². The van der Waals surface area contributed by atoms with Gasteiger partial charge in [0.1, 0.15) is 0 Å². The molecule has 52 heavy (non-hydrogen) atoms. The molecule has 0 saturated heterocycles. The van der Waals surface area contributed by atoms with E-state index >= 15 is 0 Å². The molecule has 10 rings (SSSR count). The van der Waals surface area contributed by atoms with Crippen molar-refractivity contribution in [1.82, 2.24) is 15.0 Å². The van der Waals surface area contributed by atoms with Crippen LogP contribution in [0.5, 0.6) is 0 Å². The van der Waals surface area contributed by atoms with Crippen molar-refractivity contribution in [2.24, 2.45) is 0 Å². The van der Waals surface area contributed by atoms with E-state index in [1.54, 1.807) is 0 Å². The van der Waals surface area contributed by atoms with Crippen LogP contribution in [0.2, 0.25) is 0 Å². The van der Waals surface area contributed by atoms with Gasteiger partial charge in [0, 0.05) is 26.5 Å². The zero-order valence-corrected chi connectivity index (χ0v) is 28.7. The topological polar surface area (TPSA) is 62.5 Å². The lowest BCUT2D eigenvalue weighted by atomic mass is 9.67. The Hall–Kier alpha value is -6.61. The van der Waals surface area contributed by atoms with Gasteiger partial charge in [-0.1, -0.05) is 157 Å². The van der Waals surface area contributed by atoms with Crippen LogP contribution in [0.25, 0.3) is 56.4 Å². The van der Waals surface area contributed by atoms with E-state index in [2.05, 4.69) is 109 Å². The van der Waals surface area contributed by atoms with Crippen LogP contribution in [0.1, 0.15) is 27.8 Å². The molecule has 4 nitrogen and oxygen atoms in total. The Balaban J connectivity index is 1.16. The van der Waals surface area contributed by atoms with Crippen LogP contribution < -0.4 is 0 Å². The number of aromatic nitrogens is 3. The maximum atomic E-state index is 10.1. The van der Waals surface area contributed by atoms with E-state index in [-0.39, 0.29) is 0 Å². The van der Waals surface area contributed by atoms with Gasteiger partial charge in [0.25, 0.3) is 0 Å². The zero-order chi connectivity index (χ0) is 34.6. The SMILES string of the molecule is N#Cc1ccc2c(c1)-c1c(-c3ccc(-c4nc(-c5ccccc5)nc(-c5ccccc5)n4)cc3)cccc1C21c2ccccc2Sc2ccccc21. The summed E-state index contributed by atoms with van der Waals surface area (Å²) in [6.45, 7) is 0. The molecule has 0 bridgehead atoms. The van der Waals surface area contributed by atoms with Gasteiger partial charge in [-0.15, -0.1) is 0 Å². The average Bonchev–Trinajstić information content (AvgIpc) is 3.51. The van der Waals surface area contributed by atoms with Crippen LogP contribution in [0.3, 0.4) is 0 Å². The van der Waals surface area contributed by atoms with Gasteiger partial charge >= 0.3 is 0 Å². The fourth-order valence-corrected chi connectivity index (χ4v) is 9.19. The molecule has 0 unspecified atom stereocenters. The van der Waals surface area contributed by atoms with Crippen molar-refractivity contribution in [3.8, 4) is 62.5 Å². The zero-order valence-electron chi connectivity index (χ0n) is 27.9. The van der Waals surface area contributed by atoms with Crippen LogP contribution in [0, 0.1) is 11.3 Å². The van der Waals surface area contributed by atoms with E-state index < -0.39 is 5.41 Å². The summed E-state index contributed by atoms with van der Waals surface area (Å²) in [6, 6.07) is 61.5. The van der Waals surface area contributed by atoms with Gasteiger partial charge in [0.2, 0.25) is 0 Å². The van der Waals surface area contributed by atoms with E-state index in [1.165, 1.54) is 32.0 Å². The third-order valence-electron chi connectivity index (χ3n) is 10.2. The molecule has 0 amide bonds. The first-order valence-electron chi connectivity index (χ1n) is 17.3. The van der Waals surface area contributed by atoms with Crippen LogP contribution in [-0.4, -0.2) is 15.0 Å². The van der Waals surface area contributed by atoms with Crippen molar-refractivity contribution in [3.05, 3.63) is 198 Å². The minimum atomic E-state index is -0.514. The summed E-state index contributed by atoms with van der Waals surface area (Å²) in [5.74, 6) is 1.89. The lowest BCUT2D eigenvalue weighted by molar-refractivity contribution is 0.722. The monoisotopic (exact) mass is 680 g/mol. The highest BCUT2D eigenvalue weighted by molar-refractivity contribution is 7.99. The van der Waals surface area contributed by atoms with Crippen molar-refractivity contribution in [1.29, 1.82) is 5.26 Å². The van der Waals surface area contributed by atoms with E-state index in [9.17, 15) is 5.26 Å². The Bertz CT molecular complexity index is 2610. The highest BCUT2D eigenvalue weighted by Crippen LogP contribution is 2.63. The first kappa shape index (κ1) is 30.2. The molecule has 0 radical (unpaired) electrons. The summed E-state index contributed by atoms with van der Waals surface area (Å²) in [6.07, 6.45) is 0. The summed E-state index contributed by atoms with van der Waals surface area (Å²) in [5.41, 5.74) is 12.4. The summed E-state index contributed by atoms with van der Waals surface area (Å²) < 4.78 is 0. The second-order valence-corrected chi connectivity index (χ2v) is 14.1. The largest absolute Gasteiger partial charge is 0.208 e. The van der Waals surface area contributed by atoms with Crippen LogP contribution in [0.15, 0.2) is 180 Å². The fourth-order valence-electron chi connectivity index (χ4n) is 8.00. The third kappa shape index (κ3) is 4.59. The molecule has 0 N–H and O–H groups in total. The Morgan fingerprint density at radius 2 is 0.923 bits per heavy atom. The summed E-state index contributed by atoms with van der Waals surface area (Å²) in [5, 5.41) is 10.1. The van der Waals surface area contributed by atoms with Crippen molar-refractivity contribution >= 4 is 11.8 Å². The normalized spacial score (nSPS) is 13.1. The Morgan fingerprint density at radius 1 is 0.423 bits per heavy atom. The lowest BCUT2D eigenvalue weighted by Crippen LogP contribution is -2.31. The Morgan fingerprint density at radius 3 is 1.50 bits per heavy atom. The van der Waals surface area contributed by atoms with E-state index in [0.717, 1.165) is 38.9 Å². The van der Waals surface area contributed by atoms with Crippen LogP contribution in [-0.2, 0) is 5.41 Å². The second kappa shape index (κ2) is 12.0. The molecule has 0 saturated carbocycles. The molecule has 0 fully saturated rings. The van der Waals surface area contributed by atoms with Crippen molar-refractivity contribution in [3.63, 3.8) is 0 Å². The predicted octanol–water partition coefficient (Wildman–Crippen LogP) is 11.2. The molecular formula is C47H28N4S. The summed E-state index contributed by atoms with van der Waals surface area (Å²) in [4.78, 5) is 17.3. The van der Waals surface area contributed by atoms with E-state index in [4.69, 9.17) is 15.0 Å². The highest BCUT2D eigenvalue weighted by Gasteiger charge is 2.50. The minimum Gasteiger partial charge on any atom is -0.208 e. The van der Waals surface area contributed by atoms with E-state index in [0.29, 0.717) is 23.0 Å². The van der Waals surface area contributed by atoms with Gasteiger partial charge < -0.3 is 0 Å². The first-order valence-corrected chi connectivity index (χ1v) is 18.1. The molecule has 1 aliphatic heterocycles. The number of rotatable bonds is 4. The van der Waals surface area contributed by atoms with Crippen molar-refractivity contribution in [2.45, 2.75) is 15.2 Å². The molecule has 2 heterocycles. The molecule has 7 aromatic carbocycles.